The van der Waals surface area contributed by atoms with E-state index >= 15 is 0 Å². The van der Waals surface area contributed by atoms with Crippen molar-refractivity contribution in [2.75, 3.05) is 24.6 Å². The van der Waals surface area contributed by atoms with Gasteiger partial charge in [-0.1, -0.05) is 0 Å². The van der Waals surface area contributed by atoms with Gasteiger partial charge in [-0.25, -0.2) is 0 Å². The van der Waals surface area contributed by atoms with Crippen LogP contribution in [-0.2, 0) is 0 Å². The first-order chi connectivity index (χ1) is 9.18. The number of nitrogens with zero attached hydrogens (tertiary/aromatic N) is 2. The number of rotatable bonds is 2. The number of fused-ring (bicyclic) bond motifs is 1. The monoisotopic (exact) mass is 294 g/mol. The molecule has 0 bridgehead atoms. The van der Waals surface area contributed by atoms with Crippen molar-refractivity contribution in [2.24, 2.45) is 0 Å². The Bertz CT molecular complexity index is 594. The van der Waals surface area contributed by atoms with Gasteiger partial charge in [-0.2, -0.15) is 11.8 Å². The number of aromatic nitrogens is 1. The van der Waals surface area contributed by atoms with Crippen molar-refractivity contribution in [3.63, 3.8) is 0 Å². The van der Waals surface area contributed by atoms with Crippen LogP contribution >= 0.6 is 23.1 Å². The van der Waals surface area contributed by atoms with Gasteiger partial charge >= 0.3 is 0 Å². The first kappa shape index (κ1) is 13.1. The fourth-order valence-electron chi connectivity index (χ4n) is 2.59. The zero-order valence-corrected chi connectivity index (χ0v) is 12.9. The normalized spacial score (nSPS) is 16.5. The molecule has 1 aliphatic heterocycles. The largest absolute Gasteiger partial charge is 0.336 e. The molecule has 3 heterocycles. The Morgan fingerprint density at radius 3 is 2.74 bits per heavy atom. The molecule has 2 aromatic rings. The first-order valence-corrected chi connectivity index (χ1v) is 8.67. The topological polar surface area (TPSA) is 25.2 Å². The van der Waals surface area contributed by atoms with Crippen LogP contribution in [0.4, 0.5) is 0 Å². The van der Waals surface area contributed by atoms with E-state index in [1.54, 1.807) is 11.3 Å². The van der Waals surface area contributed by atoms with Crippen LogP contribution in [0.3, 0.4) is 0 Å². The van der Waals surface area contributed by atoms with E-state index in [4.69, 9.17) is 0 Å². The highest BCUT2D eigenvalue weighted by Gasteiger charge is 2.24. The van der Waals surface area contributed by atoms with Gasteiger partial charge in [-0.3, -0.25) is 4.79 Å². The van der Waals surface area contributed by atoms with Crippen LogP contribution < -0.4 is 0 Å². The molecule has 0 spiro atoms. The SMILES string of the molecule is CC(C)n1c(C(=O)N2CCSCC2)cc2sccc21. The molecule has 19 heavy (non-hydrogen) atoms. The summed E-state index contributed by atoms with van der Waals surface area (Å²) in [4.78, 5) is 14.7. The molecule has 3 rings (SSSR count). The summed E-state index contributed by atoms with van der Waals surface area (Å²) in [6.45, 7) is 6.03. The van der Waals surface area contributed by atoms with E-state index < -0.39 is 0 Å². The molecule has 0 unspecified atom stereocenters. The first-order valence-electron chi connectivity index (χ1n) is 6.64. The third-order valence-corrected chi connectivity index (χ3v) is 5.29. The van der Waals surface area contributed by atoms with Gasteiger partial charge in [0.2, 0.25) is 0 Å². The minimum absolute atomic E-state index is 0.192. The van der Waals surface area contributed by atoms with Gasteiger partial charge in [0.05, 0.1) is 10.2 Å². The predicted molar refractivity (Wildman–Crippen MR) is 83.4 cm³/mol. The predicted octanol–water partition coefficient (Wildman–Crippen LogP) is 3.47. The van der Waals surface area contributed by atoms with Crippen molar-refractivity contribution >= 4 is 39.2 Å². The molecule has 0 atom stereocenters. The van der Waals surface area contributed by atoms with Gasteiger partial charge < -0.3 is 9.47 Å². The molecule has 0 aromatic carbocycles. The highest BCUT2D eigenvalue weighted by Crippen LogP contribution is 2.29. The molecule has 1 saturated heterocycles. The van der Waals surface area contributed by atoms with E-state index in [0.29, 0.717) is 6.04 Å². The van der Waals surface area contributed by atoms with E-state index in [1.165, 1.54) is 10.2 Å². The van der Waals surface area contributed by atoms with Crippen LogP contribution in [0, 0.1) is 0 Å². The quantitative estimate of drug-likeness (QED) is 0.847. The molecule has 1 fully saturated rings. The molecule has 5 heteroatoms. The fourth-order valence-corrected chi connectivity index (χ4v) is 4.31. The molecule has 0 N–H and O–H groups in total. The number of hydrogen-bond acceptors (Lipinski definition) is 3. The molecular formula is C14H18N2OS2. The standard InChI is InChI=1S/C14H18N2OS2/c1-10(2)16-11-3-6-19-13(11)9-12(16)14(17)15-4-7-18-8-5-15/h3,6,9-10H,4-5,7-8H2,1-2H3. The minimum atomic E-state index is 0.192. The Morgan fingerprint density at radius 2 is 2.05 bits per heavy atom. The molecular weight excluding hydrogens is 276 g/mol. The van der Waals surface area contributed by atoms with E-state index in [2.05, 4.69) is 35.9 Å². The van der Waals surface area contributed by atoms with E-state index in [1.807, 2.05) is 16.7 Å². The summed E-state index contributed by atoms with van der Waals surface area (Å²) in [5.74, 6) is 2.31. The maximum absolute atomic E-state index is 12.7. The highest BCUT2D eigenvalue weighted by molar-refractivity contribution is 7.99. The number of amides is 1. The van der Waals surface area contributed by atoms with Crippen molar-refractivity contribution in [2.45, 2.75) is 19.9 Å². The summed E-state index contributed by atoms with van der Waals surface area (Å²) >= 11 is 3.64. The van der Waals surface area contributed by atoms with Crippen molar-refractivity contribution in [1.29, 1.82) is 0 Å². The zero-order chi connectivity index (χ0) is 13.4. The van der Waals surface area contributed by atoms with E-state index in [9.17, 15) is 4.79 Å². The summed E-state index contributed by atoms with van der Waals surface area (Å²) in [6, 6.07) is 4.48. The van der Waals surface area contributed by atoms with Crippen LogP contribution in [0.2, 0.25) is 0 Å². The highest BCUT2D eigenvalue weighted by atomic mass is 32.2. The summed E-state index contributed by atoms with van der Waals surface area (Å²) in [5.41, 5.74) is 2.04. The van der Waals surface area contributed by atoms with Crippen LogP contribution in [-0.4, -0.2) is 40.0 Å². The van der Waals surface area contributed by atoms with Crippen molar-refractivity contribution in [1.82, 2.24) is 9.47 Å². The Labute approximate surface area is 121 Å². The maximum atomic E-state index is 12.7. The van der Waals surface area contributed by atoms with Crippen LogP contribution in [0.5, 0.6) is 0 Å². The summed E-state index contributed by atoms with van der Waals surface area (Å²) in [7, 11) is 0. The van der Waals surface area contributed by atoms with E-state index in [0.717, 1.165) is 30.3 Å². The summed E-state index contributed by atoms with van der Waals surface area (Å²) in [5, 5.41) is 2.09. The average molecular weight is 294 g/mol. The van der Waals surface area contributed by atoms with Crippen molar-refractivity contribution in [3.05, 3.63) is 23.2 Å². The maximum Gasteiger partial charge on any atom is 0.270 e. The van der Waals surface area contributed by atoms with Gasteiger partial charge in [0, 0.05) is 30.6 Å². The summed E-state index contributed by atoms with van der Waals surface area (Å²) < 4.78 is 3.39. The lowest BCUT2D eigenvalue weighted by atomic mass is 10.3. The molecule has 0 radical (unpaired) electrons. The van der Waals surface area contributed by atoms with Gasteiger partial charge in [0.25, 0.3) is 5.91 Å². The number of carbonyl (C=O) groups is 1. The van der Waals surface area contributed by atoms with Gasteiger partial charge in [-0.05, 0) is 31.4 Å². The van der Waals surface area contributed by atoms with Crippen LogP contribution in [0.25, 0.3) is 10.2 Å². The number of hydrogen-bond donors (Lipinski definition) is 0. The number of thioether (sulfide) groups is 1. The Balaban J connectivity index is 2.01. The molecule has 102 valence electrons. The average Bonchev–Trinajstić information content (AvgIpc) is 2.98. The number of thiophene rings is 1. The Morgan fingerprint density at radius 1 is 1.32 bits per heavy atom. The van der Waals surface area contributed by atoms with Crippen LogP contribution in [0.1, 0.15) is 30.4 Å². The van der Waals surface area contributed by atoms with Gasteiger partial charge in [-0.15, -0.1) is 11.3 Å². The molecule has 0 saturated carbocycles. The van der Waals surface area contributed by atoms with E-state index in [-0.39, 0.29) is 5.91 Å². The second-order valence-electron chi connectivity index (χ2n) is 5.07. The third-order valence-electron chi connectivity index (χ3n) is 3.49. The molecule has 1 amide bonds. The number of carbonyl (C=O) groups excluding carboxylic acids is 1. The van der Waals surface area contributed by atoms with Crippen molar-refractivity contribution in [3.8, 4) is 0 Å². The molecule has 0 aliphatic carbocycles. The van der Waals surface area contributed by atoms with Gasteiger partial charge in [0.1, 0.15) is 5.69 Å². The van der Waals surface area contributed by atoms with Crippen molar-refractivity contribution < 1.29 is 4.79 Å². The lowest BCUT2D eigenvalue weighted by molar-refractivity contribution is 0.0760. The lowest BCUT2D eigenvalue weighted by Crippen LogP contribution is -2.39. The fraction of sp³-hybridized carbons (Fsp3) is 0.500. The second-order valence-corrected chi connectivity index (χ2v) is 7.24. The van der Waals surface area contributed by atoms with Crippen LogP contribution in [0.15, 0.2) is 17.5 Å². The zero-order valence-electron chi connectivity index (χ0n) is 11.3. The smallest absolute Gasteiger partial charge is 0.270 e. The lowest BCUT2D eigenvalue weighted by Gasteiger charge is -2.27. The molecule has 2 aromatic heterocycles. The minimum Gasteiger partial charge on any atom is -0.336 e. The third kappa shape index (κ3) is 2.30. The summed E-state index contributed by atoms with van der Waals surface area (Å²) in [6.07, 6.45) is 0. The Kier molecular flexibility index (Phi) is 3.58. The Hall–Kier alpha value is -0.940. The van der Waals surface area contributed by atoms with Gasteiger partial charge in [0.15, 0.2) is 0 Å². The molecule has 1 aliphatic rings. The second kappa shape index (κ2) is 5.21. The molecule has 3 nitrogen and oxygen atoms in total.